The number of amides is 2. The molecule has 2 aromatic heterocycles. The third kappa shape index (κ3) is 5.16. The van der Waals surface area contributed by atoms with Gasteiger partial charge in [-0.15, -0.1) is 0 Å². The lowest BCUT2D eigenvalue weighted by Crippen LogP contribution is -2.56. The van der Waals surface area contributed by atoms with Gasteiger partial charge >= 0.3 is 6.18 Å². The molecule has 5 rings (SSSR count). The van der Waals surface area contributed by atoms with Crippen molar-refractivity contribution in [2.45, 2.75) is 39.0 Å². The summed E-state index contributed by atoms with van der Waals surface area (Å²) >= 11 is 0. The summed E-state index contributed by atoms with van der Waals surface area (Å²) in [5.74, 6) is -7.04. The highest BCUT2D eigenvalue weighted by Crippen LogP contribution is 2.36. The first-order valence-corrected chi connectivity index (χ1v) is 12.8. The second-order valence-electron chi connectivity index (χ2n) is 9.88. The summed E-state index contributed by atoms with van der Waals surface area (Å²) in [5, 5.41) is 3.60. The summed E-state index contributed by atoms with van der Waals surface area (Å²) in [6.07, 6.45) is -3.74. The zero-order chi connectivity index (χ0) is 30.5. The van der Waals surface area contributed by atoms with Gasteiger partial charge in [-0.2, -0.15) is 18.3 Å². The van der Waals surface area contributed by atoms with E-state index in [1.54, 1.807) is 12.1 Å². The van der Waals surface area contributed by atoms with Crippen LogP contribution in [0.5, 0.6) is 0 Å². The van der Waals surface area contributed by atoms with E-state index >= 15 is 4.39 Å². The maximum atomic E-state index is 15.3. The smallest absolute Gasteiger partial charge is 0.335 e. The molecule has 14 heteroatoms. The topological polar surface area (TPSA) is 70.8 Å². The minimum atomic E-state index is -5.20. The first kappa shape index (κ1) is 29.0. The highest BCUT2D eigenvalue weighted by Gasteiger charge is 2.41. The Morgan fingerprint density at radius 3 is 2.38 bits per heavy atom. The molecule has 1 fully saturated rings. The lowest BCUT2D eigenvalue weighted by Gasteiger charge is -2.39. The number of fused-ring (bicyclic) bond motifs is 1. The SMILES string of the molecule is CCc1ccc(-c2nc3c(C(=O)N4CC(=O)N(Cc5cc(F)cc(F)c5F)C[C@@H]4C)cnn3c(C(F)(F)F)c2F)cc1. The lowest BCUT2D eigenvalue weighted by atomic mass is 10.1. The van der Waals surface area contributed by atoms with Gasteiger partial charge in [0.25, 0.3) is 5.91 Å². The van der Waals surface area contributed by atoms with Crippen molar-refractivity contribution in [2.24, 2.45) is 0 Å². The number of piperazine rings is 1. The van der Waals surface area contributed by atoms with E-state index in [4.69, 9.17) is 0 Å². The van der Waals surface area contributed by atoms with Gasteiger partial charge < -0.3 is 9.80 Å². The summed E-state index contributed by atoms with van der Waals surface area (Å²) in [6.45, 7) is 2.18. The van der Waals surface area contributed by atoms with Crippen LogP contribution in [0.1, 0.15) is 41.0 Å². The van der Waals surface area contributed by atoms with Crippen molar-refractivity contribution in [1.82, 2.24) is 24.4 Å². The molecule has 2 amide bonds. The number of carbonyl (C=O) groups excluding carboxylic acids is 2. The van der Waals surface area contributed by atoms with Crippen LogP contribution in [0.4, 0.5) is 30.7 Å². The average Bonchev–Trinajstić information content (AvgIpc) is 3.34. The van der Waals surface area contributed by atoms with Gasteiger partial charge in [0.1, 0.15) is 23.6 Å². The van der Waals surface area contributed by atoms with E-state index in [0.29, 0.717) is 12.5 Å². The second kappa shape index (κ2) is 10.7. The van der Waals surface area contributed by atoms with Gasteiger partial charge in [-0.3, -0.25) is 9.59 Å². The summed E-state index contributed by atoms with van der Waals surface area (Å²) in [5.41, 5.74) is -2.85. The van der Waals surface area contributed by atoms with Crippen LogP contribution < -0.4 is 0 Å². The Labute approximate surface area is 234 Å². The van der Waals surface area contributed by atoms with Crippen LogP contribution in [0.3, 0.4) is 0 Å². The van der Waals surface area contributed by atoms with E-state index in [0.717, 1.165) is 27.6 Å². The summed E-state index contributed by atoms with van der Waals surface area (Å²) in [6, 6.07) is 6.45. The fraction of sp³-hybridized carbons (Fsp3) is 0.286. The van der Waals surface area contributed by atoms with Crippen LogP contribution in [0, 0.1) is 23.3 Å². The highest BCUT2D eigenvalue weighted by atomic mass is 19.4. The molecule has 3 heterocycles. The standard InChI is InChI=1S/C28H22F7N5O2/c1-3-15-4-6-16(7-5-15)24-23(32)25(28(33,34)35)40-26(37-24)19(10-36-40)27(42)39-13-21(41)38(11-14(39)2)12-17-8-18(29)9-20(30)22(17)31/h4-10,14H,3,11-13H2,1-2H3/t14-/m0/s1. The van der Waals surface area contributed by atoms with E-state index in [9.17, 15) is 35.9 Å². The summed E-state index contributed by atoms with van der Waals surface area (Å²) < 4.78 is 99.0. The highest BCUT2D eigenvalue weighted by molar-refractivity contribution is 6.02. The molecule has 220 valence electrons. The number of aryl methyl sites for hydroxylation is 1. The monoisotopic (exact) mass is 593 g/mol. The molecule has 1 atom stereocenters. The third-order valence-electron chi connectivity index (χ3n) is 7.09. The second-order valence-corrected chi connectivity index (χ2v) is 9.88. The van der Waals surface area contributed by atoms with Gasteiger partial charge in [0, 0.05) is 36.3 Å². The van der Waals surface area contributed by atoms with E-state index < -0.39 is 88.6 Å². The van der Waals surface area contributed by atoms with Crippen molar-refractivity contribution >= 4 is 17.5 Å². The number of hydrogen-bond donors (Lipinski definition) is 0. The Morgan fingerprint density at radius 1 is 1.05 bits per heavy atom. The number of halogens is 7. The molecular weight excluding hydrogens is 571 g/mol. The predicted molar refractivity (Wildman–Crippen MR) is 135 cm³/mol. The summed E-state index contributed by atoms with van der Waals surface area (Å²) in [7, 11) is 0. The fourth-order valence-electron chi connectivity index (χ4n) is 4.89. The quantitative estimate of drug-likeness (QED) is 0.229. The van der Waals surface area contributed by atoms with Gasteiger partial charge in [-0.05, 0) is 25.0 Å². The molecule has 1 aliphatic rings. The largest absolute Gasteiger partial charge is 0.436 e. The van der Waals surface area contributed by atoms with Crippen molar-refractivity contribution in [2.75, 3.05) is 13.1 Å². The number of carbonyl (C=O) groups is 2. The molecule has 1 aliphatic heterocycles. The number of alkyl halides is 3. The molecule has 4 aromatic rings. The van der Waals surface area contributed by atoms with Gasteiger partial charge in [-0.25, -0.2) is 27.1 Å². The maximum Gasteiger partial charge on any atom is 0.436 e. The van der Waals surface area contributed by atoms with Crippen LogP contribution >= 0.6 is 0 Å². The Bertz CT molecular complexity index is 1700. The fourth-order valence-corrected chi connectivity index (χ4v) is 4.89. The number of rotatable bonds is 5. The third-order valence-corrected chi connectivity index (χ3v) is 7.09. The Kier molecular flexibility index (Phi) is 7.41. The van der Waals surface area contributed by atoms with E-state index in [-0.39, 0.29) is 16.6 Å². The average molecular weight is 594 g/mol. The Morgan fingerprint density at radius 2 is 1.74 bits per heavy atom. The van der Waals surface area contributed by atoms with Gasteiger partial charge in [-0.1, -0.05) is 31.2 Å². The van der Waals surface area contributed by atoms with E-state index in [1.165, 1.54) is 19.1 Å². The summed E-state index contributed by atoms with van der Waals surface area (Å²) in [4.78, 5) is 32.7. The van der Waals surface area contributed by atoms with Gasteiger partial charge in [0.2, 0.25) is 5.91 Å². The van der Waals surface area contributed by atoms with Crippen molar-refractivity contribution in [3.8, 4) is 11.3 Å². The minimum absolute atomic E-state index is 0.0514. The Balaban J connectivity index is 1.49. The van der Waals surface area contributed by atoms with Crippen molar-refractivity contribution in [1.29, 1.82) is 0 Å². The molecule has 42 heavy (non-hydrogen) atoms. The van der Waals surface area contributed by atoms with Crippen LogP contribution in [-0.4, -0.2) is 55.3 Å². The van der Waals surface area contributed by atoms with Crippen molar-refractivity contribution in [3.05, 3.63) is 88.2 Å². The molecule has 1 saturated heterocycles. The molecule has 0 spiro atoms. The number of benzene rings is 2. The first-order chi connectivity index (χ1) is 19.8. The maximum absolute atomic E-state index is 15.3. The minimum Gasteiger partial charge on any atom is -0.335 e. The first-order valence-electron chi connectivity index (χ1n) is 12.8. The van der Waals surface area contributed by atoms with Crippen LogP contribution in [0.2, 0.25) is 0 Å². The van der Waals surface area contributed by atoms with E-state index in [1.807, 2.05) is 6.92 Å². The molecular formula is C28H22F7N5O2. The zero-order valence-electron chi connectivity index (χ0n) is 22.1. The van der Waals surface area contributed by atoms with Gasteiger partial charge in [0.15, 0.2) is 28.8 Å². The van der Waals surface area contributed by atoms with Crippen LogP contribution in [0.15, 0.2) is 42.6 Å². The molecule has 0 unspecified atom stereocenters. The molecule has 0 bridgehead atoms. The molecule has 7 nitrogen and oxygen atoms in total. The van der Waals surface area contributed by atoms with E-state index in [2.05, 4.69) is 10.1 Å². The molecule has 0 saturated carbocycles. The number of aromatic nitrogens is 3. The molecule has 0 N–H and O–H groups in total. The molecule has 0 aliphatic carbocycles. The van der Waals surface area contributed by atoms with Crippen molar-refractivity contribution < 1.29 is 40.3 Å². The van der Waals surface area contributed by atoms with Gasteiger partial charge in [0.05, 0.1) is 6.20 Å². The normalized spacial score (nSPS) is 16.0. The molecule has 2 aromatic carbocycles. The number of hydrogen-bond acceptors (Lipinski definition) is 4. The van der Waals surface area contributed by atoms with Crippen LogP contribution in [0.25, 0.3) is 16.9 Å². The van der Waals surface area contributed by atoms with Crippen LogP contribution in [-0.2, 0) is 23.9 Å². The molecule has 0 radical (unpaired) electrons. The number of nitrogens with zero attached hydrogens (tertiary/aromatic N) is 5. The van der Waals surface area contributed by atoms with Crippen molar-refractivity contribution in [3.63, 3.8) is 0 Å². The lowest BCUT2D eigenvalue weighted by molar-refractivity contribution is -0.145. The Hall–Kier alpha value is -4.49. The zero-order valence-corrected chi connectivity index (χ0v) is 22.1. The predicted octanol–water partition coefficient (Wildman–Crippen LogP) is 5.41.